The number of fused-ring (bicyclic) bond motifs is 2. The van der Waals surface area contributed by atoms with Crippen LogP contribution in [0, 0.1) is 11.8 Å². The van der Waals surface area contributed by atoms with Crippen molar-refractivity contribution in [3.8, 4) is 0 Å². The molecule has 7 rings (SSSR count). The van der Waals surface area contributed by atoms with E-state index in [1.807, 2.05) is 49.4 Å². The topological polar surface area (TPSA) is 160 Å². The maximum atomic E-state index is 14.9. The second kappa shape index (κ2) is 12.2. The molecule has 14 heteroatoms. The van der Waals surface area contributed by atoms with Crippen molar-refractivity contribution in [1.82, 2.24) is 15.0 Å². The Morgan fingerprint density at radius 3 is 2.27 bits per heavy atom. The Morgan fingerprint density at radius 2 is 1.65 bits per heavy atom. The van der Waals surface area contributed by atoms with E-state index in [4.69, 9.17) is 14.2 Å². The first kappa shape index (κ1) is 32.0. The van der Waals surface area contributed by atoms with Gasteiger partial charge in [0.25, 0.3) is 5.91 Å². The molecule has 3 amide bonds. The van der Waals surface area contributed by atoms with Crippen LogP contribution in [-0.4, -0.2) is 87.9 Å². The molecule has 5 heterocycles. The molecule has 2 aromatic carbocycles. The fraction of sp³-hybridized carbons (Fsp3) is 0.500. The number of aryl methyl sites for hydroxylation is 1. The maximum Gasteiger partial charge on any atom is 0.414 e. The summed E-state index contributed by atoms with van der Waals surface area (Å²) in [5.41, 5.74) is 1.50. The number of nitrogens with zero attached hydrogens (tertiary/aromatic N) is 6. The fourth-order valence-corrected chi connectivity index (χ4v) is 7.82. The summed E-state index contributed by atoms with van der Waals surface area (Å²) in [6, 6.07) is 13.0. The number of rotatable bonds is 10. The minimum Gasteiger partial charge on any atom is -0.447 e. The van der Waals surface area contributed by atoms with E-state index in [2.05, 4.69) is 10.3 Å². The molecular weight excluding hydrogens is 620 g/mol. The largest absolute Gasteiger partial charge is 0.447 e. The summed E-state index contributed by atoms with van der Waals surface area (Å²) in [5, 5.41) is 29.1. The number of hydrogen-bond donors (Lipinski definition) is 2. The Bertz CT molecular complexity index is 1720. The number of amides is 3. The molecule has 0 saturated carbocycles. The molecule has 1 spiro atoms. The van der Waals surface area contributed by atoms with Crippen molar-refractivity contribution in [2.24, 2.45) is 11.8 Å². The van der Waals surface area contributed by atoms with Crippen molar-refractivity contribution >= 4 is 35.2 Å². The lowest BCUT2D eigenvalue weighted by atomic mass is 9.70. The molecule has 0 radical (unpaired) electrons. The summed E-state index contributed by atoms with van der Waals surface area (Å²) in [6.45, 7) is 7.55. The summed E-state index contributed by atoms with van der Waals surface area (Å²) in [6.07, 6.45) is 1.26. The van der Waals surface area contributed by atoms with Gasteiger partial charge in [-0.2, -0.15) is 0 Å². The molecule has 14 nitrogen and oxygen atoms in total. The molecule has 2 N–H and O–H groups in total. The third kappa shape index (κ3) is 5.37. The van der Waals surface area contributed by atoms with E-state index in [0.29, 0.717) is 67.4 Å². The van der Waals surface area contributed by atoms with E-state index < -0.39 is 35.2 Å². The van der Waals surface area contributed by atoms with E-state index in [-0.39, 0.29) is 31.8 Å². The van der Waals surface area contributed by atoms with Gasteiger partial charge in [0.1, 0.15) is 13.2 Å². The number of hydrogen-bond acceptors (Lipinski definition) is 10. The van der Waals surface area contributed by atoms with Crippen LogP contribution in [0.25, 0.3) is 0 Å². The van der Waals surface area contributed by atoms with Crippen LogP contribution >= 0.6 is 0 Å². The molecular formula is C34H40N6O8. The third-order valence-corrected chi connectivity index (χ3v) is 9.99. The average Bonchev–Trinajstić information content (AvgIpc) is 3.88. The highest BCUT2D eigenvalue weighted by atomic mass is 16.6. The van der Waals surface area contributed by atoms with Crippen molar-refractivity contribution in [3.63, 3.8) is 0 Å². The highest BCUT2D eigenvalue weighted by molar-refractivity contribution is 6.08. The quantitative estimate of drug-likeness (QED) is 0.331. The Morgan fingerprint density at radius 1 is 0.979 bits per heavy atom. The number of carbonyl (C=O) groups is 3. The standard InChI is InChI=1S/C34H40N6O8/c1-21-29(33(2,3)45)28(10-12-37-20-23(11-15-41)35-36-37)48-34(21)26-18-25(39-14-17-47-32(39)44)8-9-27(26)40(30(34)42)19-22-4-6-24(7-5-22)38-13-16-46-31(38)43/h4-9,18,20-21,28-29,41,45H,10-17,19H2,1-3H3/t21-,28+,29-,34+/m0/s1. The molecule has 0 unspecified atom stereocenters. The zero-order chi connectivity index (χ0) is 33.8. The van der Waals surface area contributed by atoms with Crippen LogP contribution in [0.15, 0.2) is 48.7 Å². The van der Waals surface area contributed by atoms with E-state index in [0.717, 1.165) is 5.56 Å². The average molecular weight is 661 g/mol. The number of carbonyl (C=O) groups excluding carboxylic acids is 3. The van der Waals surface area contributed by atoms with E-state index >= 15 is 0 Å². The van der Waals surface area contributed by atoms with Gasteiger partial charge in [-0.15, -0.1) is 5.10 Å². The van der Waals surface area contributed by atoms with Crippen LogP contribution in [0.5, 0.6) is 0 Å². The number of aliphatic hydroxyl groups is 2. The summed E-state index contributed by atoms with van der Waals surface area (Å²) in [7, 11) is 0. The zero-order valence-electron chi connectivity index (χ0n) is 27.2. The van der Waals surface area contributed by atoms with Crippen LogP contribution < -0.4 is 14.7 Å². The van der Waals surface area contributed by atoms with Crippen LogP contribution in [0.2, 0.25) is 0 Å². The van der Waals surface area contributed by atoms with E-state index in [1.54, 1.807) is 39.4 Å². The van der Waals surface area contributed by atoms with E-state index in [1.165, 1.54) is 0 Å². The molecule has 0 aliphatic carbocycles. The van der Waals surface area contributed by atoms with Crippen molar-refractivity contribution < 1.29 is 38.8 Å². The number of anilines is 3. The Balaban J connectivity index is 1.24. The van der Waals surface area contributed by atoms with E-state index in [9.17, 15) is 24.6 Å². The highest BCUT2D eigenvalue weighted by Crippen LogP contribution is 2.58. The van der Waals surface area contributed by atoms with Gasteiger partial charge in [0.15, 0.2) is 5.60 Å². The zero-order valence-corrected chi connectivity index (χ0v) is 27.2. The van der Waals surface area contributed by atoms with Gasteiger partial charge >= 0.3 is 12.2 Å². The normalized spacial score (nSPS) is 25.4. The van der Waals surface area contributed by atoms with Crippen LogP contribution in [-0.2, 0) is 44.1 Å². The van der Waals surface area contributed by atoms with Gasteiger partial charge in [-0.25, -0.2) is 9.59 Å². The predicted molar refractivity (Wildman–Crippen MR) is 172 cm³/mol. The molecule has 3 aromatic rings. The highest BCUT2D eigenvalue weighted by Gasteiger charge is 2.65. The lowest BCUT2D eigenvalue weighted by Gasteiger charge is -2.34. The van der Waals surface area contributed by atoms with Crippen molar-refractivity contribution in [2.45, 2.75) is 64.0 Å². The number of aromatic nitrogens is 3. The van der Waals surface area contributed by atoms with Crippen LogP contribution in [0.1, 0.15) is 44.0 Å². The SMILES string of the molecule is C[C@H]1[C@H](C(C)(C)O)[C@@H](CCn2cc(CCO)nn2)O[C@]12C(=O)N(Cc1ccc(N3CCOC3=O)cc1)c1ccc(N3CCOC3=O)cc12. The summed E-state index contributed by atoms with van der Waals surface area (Å²) >= 11 is 0. The van der Waals surface area contributed by atoms with Gasteiger partial charge in [-0.05, 0) is 56.2 Å². The second-order valence-electron chi connectivity index (χ2n) is 13.4. The Kier molecular flexibility index (Phi) is 8.12. The molecule has 1 aromatic heterocycles. The molecule has 4 aliphatic rings. The van der Waals surface area contributed by atoms with Crippen molar-refractivity contribution in [2.75, 3.05) is 47.6 Å². The molecule has 4 atom stereocenters. The molecule has 0 bridgehead atoms. The van der Waals surface area contributed by atoms with Gasteiger partial charge < -0.3 is 29.3 Å². The molecule has 254 valence electrons. The van der Waals surface area contributed by atoms with Crippen molar-refractivity contribution in [1.29, 1.82) is 0 Å². The maximum absolute atomic E-state index is 14.9. The number of benzene rings is 2. The first-order chi connectivity index (χ1) is 23.0. The van der Waals surface area contributed by atoms with Crippen molar-refractivity contribution in [3.05, 3.63) is 65.5 Å². The summed E-state index contributed by atoms with van der Waals surface area (Å²) in [4.78, 5) is 44.3. The van der Waals surface area contributed by atoms with Gasteiger partial charge in [0.2, 0.25) is 0 Å². The fourth-order valence-electron chi connectivity index (χ4n) is 7.82. The monoisotopic (exact) mass is 660 g/mol. The predicted octanol–water partition coefficient (Wildman–Crippen LogP) is 2.98. The van der Waals surface area contributed by atoms with Gasteiger partial charge in [-0.1, -0.05) is 24.3 Å². The van der Waals surface area contributed by atoms with Crippen LogP contribution in [0.3, 0.4) is 0 Å². The molecule has 4 aliphatic heterocycles. The summed E-state index contributed by atoms with van der Waals surface area (Å²) in [5.74, 6) is -1.14. The second-order valence-corrected chi connectivity index (χ2v) is 13.4. The van der Waals surface area contributed by atoms with Gasteiger partial charge in [0.05, 0.1) is 42.7 Å². The molecule has 3 fully saturated rings. The minimum absolute atomic E-state index is 0.0301. The molecule has 3 saturated heterocycles. The van der Waals surface area contributed by atoms with Gasteiger partial charge in [-0.3, -0.25) is 19.3 Å². The first-order valence-electron chi connectivity index (χ1n) is 16.4. The first-order valence-corrected chi connectivity index (χ1v) is 16.4. The Hall–Kier alpha value is -4.53. The summed E-state index contributed by atoms with van der Waals surface area (Å²) < 4.78 is 18.9. The van der Waals surface area contributed by atoms with Crippen LogP contribution in [0.4, 0.5) is 26.7 Å². The minimum atomic E-state index is -1.44. The number of cyclic esters (lactones) is 2. The molecule has 48 heavy (non-hydrogen) atoms. The smallest absolute Gasteiger partial charge is 0.414 e. The third-order valence-electron chi connectivity index (χ3n) is 9.99. The van der Waals surface area contributed by atoms with Gasteiger partial charge in [0, 0.05) is 54.5 Å². The Labute approximate surface area is 277 Å². The number of ether oxygens (including phenoxy) is 3. The lowest BCUT2D eigenvalue weighted by Crippen LogP contribution is -2.46. The number of aliphatic hydroxyl groups excluding tert-OH is 1. The lowest BCUT2D eigenvalue weighted by molar-refractivity contribution is -0.146.